The van der Waals surface area contributed by atoms with Crippen molar-refractivity contribution in [2.24, 2.45) is 11.1 Å². The molecule has 1 aliphatic carbocycles. The smallest absolute Gasteiger partial charge is 0.0958 e. The van der Waals surface area contributed by atoms with E-state index in [-0.39, 0.29) is 6.10 Å². The van der Waals surface area contributed by atoms with Crippen LogP contribution in [0.15, 0.2) is 16.8 Å². The van der Waals surface area contributed by atoms with E-state index in [1.165, 1.54) is 31.2 Å². The minimum Gasteiger partial charge on any atom is -0.369 e. The first-order valence-electron chi connectivity index (χ1n) is 6.48. The summed E-state index contributed by atoms with van der Waals surface area (Å²) >= 11 is 1.71. The Morgan fingerprint density at radius 1 is 1.47 bits per heavy atom. The molecule has 1 atom stereocenters. The number of thiophene rings is 1. The molecule has 0 bridgehead atoms. The second-order valence-corrected chi connectivity index (χ2v) is 6.56. The van der Waals surface area contributed by atoms with E-state index in [1.807, 2.05) is 0 Å². The lowest BCUT2D eigenvalue weighted by molar-refractivity contribution is -0.0427. The molecule has 1 aromatic heterocycles. The predicted molar refractivity (Wildman–Crippen MR) is 73.2 cm³/mol. The van der Waals surface area contributed by atoms with Crippen LogP contribution in [0, 0.1) is 5.41 Å². The van der Waals surface area contributed by atoms with Crippen LogP contribution in [0.3, 0.4) is 0 Å². The number of hydrogen-bond acceptors (Lipinski definition) is 3. The standard InChI is InChI=1S/C14H23NOS/c1-14(2)6-3-12(4-7-14)16-13(9-15)11-5-8-17-10-11/h5,8,10,12-13H,3-4,6-7,9,15H2,1-2H3. The fourth-order valence-electron chi connectivity index (χ4n) is 2.47. The van der Waals surface area contributed by atoms with Crippen LogP contribution in [0.4, 0.5) is 0 Å². The van der Waals surface area contributed by atoms with E-state index in [1.54, 1.807) is 11.3 Å². The van der Waals surface area contributed by atoms with Gasteiger partial charge in [0.1, 0.15) is 0 Å². The van der Waals surface area contributed by atoms with Crippen molar-refractivity contribution >= 4 is 11.3 Å². The first-order chi connectivity index (χ1) is 8.11. The van der Waals surface area contributed by atoms with E-state index in [9.17, 15) is 0 Å². The van der Waals surface area contributed by atoms with E-state index in [4.69, 9.17) is 10.5 Å². The van der Waals surface area contributed by atoms with Crippen molar-refractivity contribution in [2.45, 2.75) is 51.7 Å². The Morgan fingerprint density at radius 3 is 2.71 bits per heavy atom. The van der Waals surface area contributed by atoms with E-state index < -0.39 is 0 Å². The highest BCUT2D eigenvalue weighted by molar-refractivity contribution is 7.07. The minimum atomic E-state index is 0.0902. The highest BCUT2D eigenvalue weighted by Crippen LogP contribution is 2.37. The van der Waals surface area contributed by atoms with Gasteiger partial charge in [0.15, 0.2) is 0 Å². The van der Waals surface area contributed by atoms with Crippen molar-refractivity contribution in [3.63, 3.8) is 0 Å². The largest absolute Gasteiger partial charge is 0.369 e. The Balaban J connectivity index is 1.88. The summed E-state index contributed by atoms with van der Waals surface area (Å²) in [6.07, 6.45) is 5.36. The molecule has 0 saturated heterocycles. The summed E-state index contributed by atoms with van der Waals surface area (Å²) in [5.41, 5.74) is 7.55. The van der Waals surface area contributed by atoms with Gasteiger partial charge in [-0.05, 0) is 53.5 Å². The third-order valence-corrected chi connectivity index (χ3v) is 4.47. The van der Waals surface area contributed by atoms with Crippen LogP contribution >= 0.6 is 11.3 Å². The molecular formula is C14H23NOS. The molecule has 1 aliphatic rings. The van der Waals surface area contributed by atoms with Crippen LogP contribution in [-0.4, -0.2) is 12.6 Å². The van der Waals surface area contributed by atoms with Gasteiger partial charge in [0.05, 0.1) is 12.2 Å². The molecule has 2 rings (SSSR count). The van der Waals surface area contributed by atoms with E-state index in [0.717, 1.165) is 0 Å². The van der Waals surface area contributed by atoms with Gasteiger partial charge in [0.25, 0.3) is 0 Å². The maximum Gasteiger partial charge on any atom is 0.0958 e. The fraction of sp³-hybridized carbons (Fsp3) is 0.714. The van der Waals surface area contributed by atoms with Gasteiger partial charge in [-0.3, -0.25) is 0 Å². The van der Waals surface area contributed by atoms with Gasteiger partial charge in [-0.25, -0.2) is 0 Å². The van der Waals surface area contributed by atoms with Crippen LogP contribution in [0.25, 0.3) is 0 Å². The zero-order valence-electron chi connectivity index (χ0n) is 10.8. The summed E-state index contributed by atoms with van der Waals surface area (Å²) in [7, 11) is 0. The average molecular weight is 253 g/mol. The summed E-state index contributed by atoms with van der Waals surface area (Å²) in [6, 6.07) is 2.12. The Morgan fingerprint density at radius 2 is 2.18 bits per heavy atom. The quantitative estimate of drug-likeness (QED) is 0.887. The Kier molecular flexibility index (Phi) is 4.23. The summed E-state index contributed by atoms with van der Waals surface area (Å²) < 4.78 is 6.16. The maximum atomic E-state index is 6.16. The molecule has 1 aromatic rings. The summed E-state index contributed by atoms with van der Waals surface area (Å²) in [6.45, 7) is 5.28. The first-order valence-corrected chi connectivity index (χ1v) is 7.43. The number of hydrogen-bond donors (Lipinski definition) is 1. The first kappa shape index (κ1) is 13.1. The number of nitrogens with two attached hydrogens (primary N) is 1. The van der Waals surface area contributed by atoms with Gasteiger partial charge < -0.3 is 10.5 Å². The van der Waals surface area contributed by atoms with Gasteiger partial charge in [-0.15, -0.1) is 0 Å². The van der Waals surface area contributed by atoms with Crippen LogP contribution in [0.2, 0.25) is 0 Å². The van der Waals surface area contributed by atoms with E-state index >= 15 is 0 Å². The minimum absolute atomic E-state index is 0.0902. The molecule has 1 fully saturated rings. The van der Waals surface area contributed by atoms with Crippen LogP contribution < -0.4 is 5.73 Å². The van der Waals surface area contributed by atoms with E-state index in [0.29, 0.717) is 18.1 Å². The third kappa shape index (κ3) is 3.54. The SMILES string of the molecule is CC1(C)CCC(OC(CN)c2ccsc2)CC1. The van der Waals surface area contributed by atoms with Crippen LogP contribution in [-0.2, 0) is 4.74 Å². The average Bonchev–Trinajstić information content (AvgIpc) is 2.81. The summed E-state index contributed by atoms with van der Waals surface area (Å²) in [5, 5.41) is 4.23. The molecule has 2 nitrogen and oxygen atoms in total. The highest BCUT2D eigenvalue weighted by atomic mass is 32.1. The second-order valence-electron chi connectivity index (χ2n) is 5.78. The second kappa shape index (κ2) is 5.51. The van der Waals surface area contributed by atoms with Gasteiger partial charge in [-0.1, -0.05) is 13.8 Å². The van der Waals surface area contributed by atoms with E-state index in [2.05, 4.69) is 30.7 Å². The normalized spacial score (nSPS) is 22.5. The summed E-state index contributed by atoms with van der Waals surface area (Å²) in [4.78, 5) is 0. The Labute approximate surface area is 108 Å². The van der Waals surface area contributed by atoms with Crippen molar-refractivity contribution in [1.82, 2.24) is 0 Å². The Bertz CT molecular complexity index is 324. The van der Waals surface area contributed by atoms with Gasteiger partial charge in [-0.2, -0.15) is 11.3 Å². The van der Waals surface area contributed by atoms with Crippen molar-refractivity contribution in [3.05, 3.63) is 22.4 Å². The van der Waals surface area contributed by atoms with Gasteiger partial charge in [0.2, 0.25) is 0 Å². The molecule has 0 aromatic carbocycles. The monoisotopic (exact) mass is 253 g/mol. The van der Waals surface area contributed by atoms with Crippen LogP contribution in [0.5, 0.6) is 0 Å². The van der Waals surface area contributed by atoms with Crippen molar-refractivity contribution in [3.8, 4) is 0 Å². The van der Waals surface area contributed by atoms with Crippen molar-refractivity contribution in [2.75, 3.05) is 6.54 Å². The molecule has 0 aliphatic heterocycles. The molecule has 3 heteroatoms. The highest BCUT2D eigenvalue weighted by Gasteiger charge is 2.28. The zero-order chi connectivity index (χ0) is 12.3. The lowest BCUT2D eigenvalue weighted by Gasteiger charge is -2.35. The third-order valence-electron chi connectivity index (χ3n) is 3.77. The number of ether oxygens (including phenoxy) is 1. The predicted octanol–water partition coefficient (Wildman–Crippen LogP) is 3.73. The molecule has 2 N–H and O–H groups in total. The molecule has 1 saturated carbocycles. The maximum absolute atomic E-state index is 6.16. The number of rotatable bonds is 4. The van der Waals surface area contributed by atoms with Gasteiger partial charge >= 0.3 is 0 Å². The van der Waals surface area contributed by atoms with Crippen molar-refractivity contribution in [1.29, 1.82) is 0 Å². The lowest BCUT2D eigenvalue weighted by Crippen LogP contribution is -2.29. The van der Waals surface area contributed by atoms with Crippen LogP contribution in [0.1, 0.15) is 51.2 Å². The Hall–Kier alpha value is -0.380. The molecule has 17 heavy (non-hydrogen) atoms. The topological polar surface area (TPSA) is 35.2 Å². The zero-order valence-corrected chi connectivity index (χ0v) is 11.6. The molecule has 1 unspecified atom stereocenters. The molecule has 0 amide bonds. The van der Waals surface area contributed by atoms with Gasteiger partial charge in [0, 0.05) is 6.54 Å². The van der Waals surface area contributed by atoms with Crippen molar-refractivity contribution < 1.29 is 4.74 Å². The fourth-order valence-corrected chi connectivity index (χ4v) is 3.17. The molecule has 96 valence electrons. The molecule has 1 heterocycles. The lowest BCUT2D eigenvalue weighted by atomic mass is 9.76. The summed E-state index contributed by atoms with van der Waals surface area (Å²) in [5.74, 6) is 0. The molecular weight excluding hydrogens is 230 g/mol. The molecule has 0 radical (unpaired) electrons. The molecule has 0 spiro atoms.